The molecule has 2 atom stereocenters. The number of nitrogens with zero attached hydrogens (tertiary/aromatic N) is 5. The molecule has 2 saturated heterocycles. The second-order valence-corrected chi connectivity index (χ2v) is 7.14. The molecule has 0 aromatic carbocycles. The maximum absolute atomic E-state index is 12.8. The Balaban J connectivity index is 1.31. The minimum Gasteiger partial charge on any atom is -0.332 e. The van der Waals surface area contributed by atoms with Gasteiger partial charge in [0, 0.05) is 31.4 Å². The first-order chi connectivity index (χ1) is 12.6. The van der Waals surface area contributed by atoms with Gasteiger partial charge in [-0.15, -0.1) is 0 Å². The summed E-state index contributed by atoms with van der Waals surface area (Å²) in [5, 5.41) is 10.4. The van der Waals surface area contributed by atoms with Crippen LogP contribution in [0, 0.1) is 0 Å². The third-order valence-electron chi connectivity index (χ3n) is 5.56. The molecule has 0 spiro atoms. The summed E-state index contributed by atoms with van der Waals surface area (Å²) in [7, 11) is 0. The van der Waals surface area contributed by atoms with E-state index in [0.29, 0.717) is 18.8 Å². The number of hydrogen-bond acceptors (Lipinski definition) is 5. The van der Waals surface area contributed by atoms with Gasteiger partial charge in [-0.2, -0.15) is 10.2 Å². The van der Waals surface area contributed by atoms with Crippen LogP contribution in [0.3, 0.4) is 0 Å². The standard InChI is InChI=1S/C17H18N6O3/c24-15-4-10(7-18-19-15)16(25)21-8-13-5-12(21)9-22(13)17(26)14-6-11-2-1-3-23(11)20-14/h4,6-7,12-13H,1-3,5,8-9H2,(H,19,24)/t12-,13-/m0/s1. The average Bonchev–Trinajstić information content (AvgIpc) is 3.39. The van der Waals surface area contributed by atoms with Crippen molar-refractivity contribution in [1.29, 1.82) is 0 Å². The molecular formula is C17H18N6O3. The van der Waals surface area contributed by atoms with Gasteiger partial charge in [0.1, 0.15) is 0 Å². The molecule has 26 heavy (non-hydrogen) atoms. The van der Waals surface area contributed by atoms with Gasteiger partial charge >= 0.3 is 0 Å². The smallest absolute Gasteiger partial charge is 0.274 e. The Kier molecular flexibility index (Phi) is 3.25. The number of amides is 2. The van der Waals surface area contributed by atoms with Crippen molar-refractivity contribution in [1.82, 2.24) is 29.8 Å². The van der Waals surface area contributed by atoms with Crippen LogP contribution >= 0.6 is 0 Å². The van der Waals surface area contributed by atoms with Crippen LogP contribution < -0.4 is 5.56 Å². The molecule has 0 radical (unpaired) electrons. The van der Waals surface area contributed by atoms with Crippen molar-refractivity contribution in [3.63, 3.8) is 0 Å². The van der Waals surface area contributed by atoms with Gasteiger partial charge in [0.25, 0.3) is 17.4 Å². The number of carbonyl (C=O) groups excluding carboxylic acids is 2. The monoisotopic (exact) mass is 354 g/mol. The number of fused-ring (bicyclic) bond motifs is 3. The highest BCUT2D eigenvalue weighted by atomic mass is 16.2. The molecule has 9 heteroatoms. The molecule has 3 aliphatic heterocycles. The van der Waals surface area contributed by atoms with Crippen LogP contribution in [0.25, 0.3) is 0 Å². The largest absolute Gasteiger partial charge is 0.332 e. The summed E-state index contributed by atoms with van der Waals surface area (Å²) in [5.74, 6) is -0.256. The Morgan fingerprint density at radius 2 is 1.88 bits per heavy atom. The van der Waals surface area contributed by atoms with E-state index in [0.717, 1.165) is 31.5 Å². The zero-order valence-electron chi connectivity index (χ0n) is 14.1. The van der Waals surface area contributed by atoms with E-state index in [4.69, 9.17) is 0 Å². The molecule has 3 aliphatic rings. The number of H-pyrrole nitrogens is 1. The maximum Gasteiger partial charge on any atom is 0.274 e. The van der Waals surface area contributed by atoms with Gasteiger partial charge < -0.3 is 9.80 Å². The number of carbonyl (C=O) groups is 2. The Hall–Kier alpha value is -2.97. The molecule has 2 aromatic rings. The number of rotatable bonds is 2. The fraction of sp³-hybridized carbons (Fsp3) is 0.471. The van der Waals surface area contributed by atoms with Crippen molar-refractivity contribution < 1.29 is 9.59 Å². The fourth-order valence-electron chi connectivity index (χ4n) is 4.34. The second kappa shape index (κ2) is 5.52. The van der Waals surface area contributed by atoms with Crippen LogP contribution in [-0.4, -0.2) is 66.8 Å². The van der Waals surface area contributed by atoms with Gasteiger partial charge in [0.15, 0.2) is 5.69 Å². The van der Waals surface area contributed by atoms with E-state index in [1.807, 2.05) is 15.6 Å². The zero-order valence-corrected chi connectivity index (χ0v) is 14.1. The van der Waals surface area contributed by atoms with E-state index in [2.05, 4.69) is 15.3 Å². The quantitative estimate of drug-likeness (QED) is 0.794. The Bertz CT molecular complexity index is 942. The maximum atomic E-state index is 12.8. The van der Waals surface area contributed by atoms with Crippen molar-refractivity contribution >= 4 is 11.8 Å². The van der Waals surface area contributed by atoms with Crippen molar-refractivity contribution in [2.24, 2.45) is 0 Å². The molecule has 5 heterocycles. The first-order valence-corrected chi connectivity index (χ1v) is 8.83. The van der Waals surface area contributed by atoms with E-state index >= 15 is 0 Å². The SMILES string of the molecule is O=C(c1cn[nH]c(=O)c1)N1C[C@@H]2C[C@H]1CN2C(=O)c1cc2n(n1)CCC2. The lowest BCUT2D eigenvalue weighted by Crippen LogP contribution is -2.50. The lowest BCUT2D eigenvalue weighted by molar-refractivity contribution is 0.0522. The Morgan fingerprint density at radius 3 is 2.58 bits per heavy atom. The molecule has 134 valence electrons. The van der Waals surface area contributed by atoms with Crippen molar-refractivity contribution in [3.8, 4) is 0 Å². The molecule has 2 aromatic heterocycles. The second-order valence-electron chi connectivity index (χ2n) is 7.14. The predicted octanol–water partition coefficient (Wildman–Crippen LogP) is -0.348. The van der Waals surface area contributed by atoms with E-state index < -0.39 is 5.56 Å². The van der Waals surface area contributed by atoms with Gasteiger partial charge in [-0.1, -0.05) is 0 Å². The molecule has 2 fully saturated rings. The Labute approximate surface area is 148 Å². The first-order valence-electron chi connectivity index (χ1n) is 8.83. The molecular weight excluding hydrogens is 336 g/mol. The number of nitrogens with one attached hydrogen (secondary N) is 1. The van der Waals surface area contributed by atoms with Gasteiger partial charge in [0.05, 0.1) is 23.8 Å². The summed E-state index contributed by atoms with van der Waals surface area (Å²) >= 11 is 0. The van der Waals surface area contributed by atoms with Crippen LogP contribution in [0.15, 0.2) is 23.1 Å². The summed E-state index contributed by atoms with van der Waals surface area (Å²) < 4.78 is 1.91. The highest BCUT2D eigenvalue weighted by molar-refractivity contribution is 5.96. The van der Waals surface area contributed by atoms with Crippen LogP contribution in [0.5, 0.6) is 0 Å². The third kappa shape index (κ3) is 2.27. The third-order valence-corrected chi connectivity index (χ3v) is 5.56. The first kappa shape index (κ1) is 15.3. The van der Waals surface area contributed by atoms with Gasteiger partial charge in [-0.3, -0.25) is 19.1 Å². The number of hydrogen-bond donors (Lipinski definition) is 1. The minimum atomic E-state index is -0.398. The van der Waals surface area contributed by atoms with Crippen molar-refractivity contribution in [3.05, 3.63) is 45.6 Å². The van der Waals surface area contributed by atoms with E-state index in [1.165, 1.54) is 12.3 Å². The number of likely N-dealkylation sites (tertiary alicyclic amines) is 2. The van der Waals surface area contributed by atoms with Crippen LogP contribution in [0.4, 0.5) is 0 Å². The minimum absolute atomic E-state index is 0.00273. The molecule has 9 nitrogen and oxygen atoms in total. The Morgan fingerprint density at radius 1 is 1.12 bits per heavy atom. The predicted molar refractivity (Wildman–Crippen MR) is 89.7 cm³/mol. The average molecular weight is 354 g/mol. The van der Waals surface area contributed by atoms with E-state index in [1.54, 1.807) is 4.90 Å². The summed E-state index contributed by atoms with van der Waals surface area (Å²) in [5.41, 5.74) is 1.51. The molecule has 0 aliphatic carbocycles. The number of aromatic amines is 1. The zero-order chi connectivity index (χ0) is 17.8. The summed E-state index contributed by atoms with van der Waals surface area (Å²) in [6.07, 6.45) is 4.19. The summed E-state index contributed by atoms with van der Waals surface area (Å²) in [4.78, 5) is 40.4. The highest BCUT2D eigenvalue weighted by Gasteiger charge is 2.47. The van der Waals surface area contributed by atoms with Crippen LogP contribution in [-0.2, 0) is 13.0 Å². The van der Waals surface area contributed by atoms with E-state index in [-0.39, 0.29) is 29.5 Å². The normalized spacial score (nSPS) is 23.5. The van der Waals surface area contributed by atoms with Crippen molar-refractivity contribution in [2.45, 2.75) is 37.9 Å². The lowest BCUT2D eigenvalue weighted by atomic mass is 10.2. The molecule has 5 rings (SSSR count). The van der Waals surface area contributed by atoms with Gasteiger partial charge in [-0.25, -0.2) is 5.10 Å². The fourth-order valence-corrected chi connectivity index (χ4v) is 4.34. The van der Waals surface area contributed by atoms with Crippen LogP contribution in [0.2, 0.25) is 0 Å². The van der Waals surface area contributed by atoms with Gasteiger partial charge in [0.2, 0.25) is 0 Å². The molecule has 2 amide bonds. The topological polar surface area (TPSA) is 104 Å². The summed E-state index contributed by atoms with van der Waals surface area (Å²) in [6, 6.07) is 3.14. The number of aryl methyl sites for hydroxylation is 2. The molecule has 0 unspecified atom stereocenters. The molecule has 2 bridgehead atoms. The van der Waals surface area contributed by atoms with Crippen molar-refractivity contribution in [2.75, 3.05) is 13.1 Å². The summed E-state index contributed by atoms with van der Waals surface area (Å²) in [6.45, 7) is 1.87. The lowest BCUT2D eigenvalue weighted by Gasteiger charge is -2.33. The van der Waals surface area contributed by atoms with E-state index in [9.17, 15) is 14.4 Å². The highest BCUT2D eigenvalue weighted by Crippen LogP contribution is 2.33. The molecule has 0 saturated carbocycles. The molecule has 1 N–H and O–H groups in total. The number of piperazine rings is 1. The van der Waals surface area contributed by atoms with Crippen LogP contribution in [0.1, 0.15) is 39.4 Å². The van der Waals surface area contributed by atoms with Gasteiger partial charge in [-0.05, 0) is 25.3 Å². The number of aromatic nitrogens is 4.